The maximum Gasteiger partial charge on any atom is 0.317 e. The molecule has 18 heavy (non-hydrogen) atoms. The third-order valence-electron chi connectivity index (χ3n) is 2.89. The van der Waals surface area contributed by atoms with Crippen molar-refractivity contribution >= 4 is 11.9 Å². The fourth-order valence-corrected chi connectivity index (χ4v) is 1.60. The molecule has 5 nitrogen and oxygen atoms in total. The van der Waals surface area contributed by atoms with Gasteiger partial charge in [-0.25, -0.2) is 0 Å². The van der Waals surface area contributed by atoms with Crippen molar-refractivity contribution in [3.05, 3.63) is 0 Å². The number of amides is 1. The van der Waals surface area contributed by atoms with E-state index in [9.17, 15) is 9.59 Å². The molecular weight excluding hydrogens is 232 g/mol. The van der Waals surface area contributed by atoms with Gasteiger partial charge >= 0.3 is 5.97 Å². The lowest BCUT2D eigenvalue weighted by molar-refractivity contribution is -0.139. The van der Waals surface area contributed by atoms with Gasteiger partial charge in [-0.15, -0.1) is 6.42 Å². The molecule has 5 heteroatoms. The molecule has 102 valence electrons. The van der Waals surface area contributed by atoms with E-state index in [2.05, 4.69) is 11.2 Å². The summed E-state index contributed by atoms with van der Waals surface area (Å²) < 4.78 is 0. The van der Waals surface area contributed by atoms with Gasteiger partial charge in [0.1, 0.15) is 0 Å². The van der Waals surface area contributed by atoms with Crippen molar-refractivity contribution in [1.29, 1.82) is 0 Å². The van der Waals surface area contributed by atoms with E-state index in [1.807, 2.05) is 13.8 Å². The molecule has 0 aromatic carbocycles. The Morgan fingerprint density at radius 3 is 2.33 bits per heavy atom. The largest absolute Gasteiger partial charge is 0.480 e. The molecule has 0 aliphatic rings. The van der Waals surface area contributed by atoms with E-state index in [1.165, 1.54) is 4.90 Å². The Labute approximate surface area is 109 Å². The molecule has 1 unspecified atom stereocenters. The molecule has 0 rings (SSSR count). The Bertz CT molecular complexity index is 319. The second-order valence-electron chi connectivity index (χ2n) is 4.20. The smallest absolute Gasteiger partial charge is 0.317 e. The molecule has 0 fully saturated rings. The SMILES string of the molecule is C#CCN(CC(=O)O)C(C)C(=O)NC(CC)CC. The first kappa shape index (κ1) is 16.5. The van der Waals surface area contributed by atoms with Gasteiger partial charge in [-0.2, -0.15) is 0 Å². The Kier molecular flexibility index (Phi) is 7.81. The van der Waals surface area contributed by atoms with Crippen molar-refractivity contribution in [3.8, 4) is 12.3 Å². The van der Waals surface area contributed by atoms with Crippen LogP contribution in [0.4, 0.5) is 0 Å². The van der Waals surface area contributed by atoms with Gasteiger partial charge in [0.05, 0.1) is 19.1 Å². The van der Waals surface area contributed by atoms with E-state index in [0.29, 0.717) is 0 Å². The maximum atomic E-state index is 12.0. The first-order valence-corrected chi connectivity index (χ1v) is 6.15. The highest BCUT2D eigenvalue weighted by Crippen LogP contribution is 2.02. The highest BCUT2D eigenvalue weighted by atomic mass is 16.4. The minimum absolute atomic E-state index is 0.123. The lowest BCUT2D eigenvalue weighted by atomic mass is 10.1. The lowest BCUT2D eigenvalue weighted by Gasteiger charge is -2.26. The number of aliphatic carboxylic acids is 1. The molecule has 0 heterocycles. The Hall–Kier alpha value is -1.54. The fraction of sp³-hybridized carbons (Fsp3) is 0.692. The molecule has 0 aliphatic carbocycles. The standard InChI is InChI=1S/C13H22N2O3/c1-5-8-15(9-12(16)17)10(4)13(18)14-11(6-2)7-3/h1,10-11H,6-9H2,2-4H3,(H,14,18)(H,16,17). The van der Waals surface area contributed by atoms with Crippen LogP contribution in [-0.4, -0.2) is 47.1 Å². The number of nitrogens with zero attached hydrogens (tertiary/aromatic N) is 1. The molecule has 0 saturated heterocycles. The van der Waals surface area contributed by atoms with Crippen molar-refractivity contribution in [1.82, 2.24) is 10.2 Å². The average molecular weight is 254 g/mol. The van der Waals surface area contributed by atoms with Gasteiger partial charge in [-0.05, 0) is 19.8 Å². The molecule has 0 spiro atoms. The number of carboxylic acids is 1. The Balaban J connectivity index is 4.55. The molecular formula is C13H22N2O3. The van der Waals surface area contributed by atoms with E-state index in [-0.39, 0.29) is 25.0 Å². The number of hydrogen-bond acceptors (Lipinski definition) is 3. The van der Waals surface area contributed by atoms with Crippen LogP contribution in [0.2, 0.25) is 0 Å². The van der Waals surface area contributed by atoms with Crippen molar-refractivity contribution in [2.45, 2.75) is 45.7 Å². The van der Waals surface area contributed by atoms with E-state index in [4.69, 9.17) is 11.5 Å². The van der Waals surface area contributed by atoms with E-state index < -0.39 is 12.0 Å². The fourth-order valence-electron chi connectivity index (χ4n) is 1.60. The summed E-state index contributed by atoms with van der Waals surface area (Å²) in [5.74, 6) is 1.20. The minimum atomic E-state index is -0.993. The molecule has 2 N–H and O–H groups in total. The summed E-state index contributed by atoms with van der Waals surface area (Å²) in [4.78, 5) is 24.1. The van der Waals surface area contributed by atoms with Crippen LogP contribution in [0.5, 0.6) is 0 Å². The van der Waals surface area contributed by atoms with Crippen LogP contribution in [0.1, 0.15) is 33.6 Å². The third kappa shape index (κ3) is 5.69. The van der Waals surface area contributed by atoms with Gasteiger partial charge in [0.2, 0.25) is 5.91 Å². The van der Waals surface area contributed by atoms with Crippen LogP contribution >= 0.6 is 0 Å². The van der Waals surface area contributed by atoms with Gasteiger partial charge in [0, 0.05) is 6.04 Å². The van der Waals surface area contributed by atoms with Gasteiger partial charge in [-0.3, -0.25) is 14.5 Å². The van der Waals surface area contributed by atoms with Crippen molar-refractivity contribution in [2.24, 2.45) is 0 Å². The summed E-state index contributed by atoms with van der Waals surface area (Å²) in [5.41, 5.74) is 0. The third-order valence-corrected chi connectivity index (χ3v) is 2.89. The Morgan fingerprint density at radius 1 is 1.39 bits per heavy atom. The van der Waals surface area contributed by atoms with Crippen LogP contribution in [-0.2, 0) is 9.59 Å². The monoisotopic (exact) mass is 254 g/mol. The summed E-state index contributed by atoms with van der Waals surface area (Å²) in [6.07, 6.45) is 6.88. The van der Waals surface area contributed by atoms with Crippen LogP contribution in [0.3, 0.4) is 0 Å². The minimum Gasteiger partial charge on any atom is -0.480 e. The van der Waals surface area contributed by atoms with Crippen LogP contribution < -0.4 is 5.32 Å². The van der Waals surface area contributed by atoms with Gasteiger partial charge in [-0.1, -0.05) is 19.8 Å². The van der Waals surface area contributed by atoms with Gasteiger partial charge < -0.3 is 10.4 Å². The highest BCUT2D eigenvalue weighted by Gasteiger charge is 2.23. The lowest BCUT2D eigenvalue weighted by Crippen LogP contribution is -2.49. The number of carbonyl (C=O) groups is 2. The summed E-state index contributed by atoms with van der Waals surface area (Å²) in [6, 6.07) is -0.421. The molecule has 1 amide bonds. The molecule has 0 bridgehead atoms. The summed E-state index contributed by atoms with van der Waals surface area (Å²) in [6.45, 7) is 5.56. The first-order valence-electron chi connectivity index (χ1n) is 6.15. The topological polar surface area (TPSA) is 69.6 Å². The maximum absolute atomic E-state index is 12.0. The molecule has 1 atom stereocenters. The van der Waals surface area contributed by atoms with E-state index in [1.54, 1.807) is 6.92 Å². The van der Waals surface area contributed by atoms with Gasteiger partial charge in [0.15, 0.2) is 0 Å². The number of carboxylic acid groups (broad SMARTS) is 1. The van der Waals surface area contributed by atoms with Crippen molar-refractivity contribution < 1.29 is 14.7 Å². The second kappa shape index (κ2) is 8.54. The van der Waals surface area contributed by atoms with Crippen molar-refractivity contribution in [3.63, 3.8) is 0 Å². The zero-order chi connectivity index (χ0) is 14.1. The normalized spacial score (nSPS) is 12.2. The van der Waals surface area contributed by atoms with Crippen LogP contribution in [0, 0.1) is 12.3 Å². The van der Waals surface area contributed by atoms with Gasteiger partial charge in [0.25, 0.3) is 0 Å². The first-order chi connectivity index (χ1) is 8.46. The number of nitrogens with one attached hydrogen (secondary N) is 1. The number of carbonyl (C=O) groups excluding carboxylic acids is 1. The average Bonchev–Trinajstić information content (AvgIpc) is 2.33. The highest BCUT2D eigenvalue weighted by molar-refractivity contribution is 5.82. The molecule has 0 aromatic rings. The quantitative estimate of drug-likeness (QED) is 0.626. The van der Waals surface area contributed by atoms with E-state index in [0.717, 1.165) is 12.8 Å². The van der Waals surface area contributed by atoms with Crippen LogP contribution in [0.25, 0.3) is 0 Å². The van der Waals surface area contributed by atoms with Crippen molar-refractivity contribution in [2.75, 3.05) is 13.1 Å². The predicted octanol–water partition coefficient (Wildman–Crippen LogP) is 0.700. The predicted molar refractivity (Wildman–Crippen MR) is 70.0 cm³/mol. The molecule has 0 radical (unpaired) electrons. The van der Waals surface area contributed by atoms with E-state index >= 15 is 0 Å². The Morgan fingerprint density at radius 2 is 1.94 bits per heavy atom. The number of hydrogen-bond donors (Lipinski definition) is 2. The summed E-state index contributed by atoms with van der Waals surface area (Å²) >= 11 is 0. The number of terminal acetylenes is 1. The zero-order valence-corrected chi connectivity index (χ0v) is 11.3. The molecule has 0 aliphatic heterocycles. The molecule has 0 saturated carbocycles. The summed E-state index contributed by atoms with van der Waals surface area (Å²) in [5, 5.41) is 11.7. The zero-order valence-electron chi connectivity index (χ0n) is 11.3. The summed E-state index contributed by atoms with van der Waals surface area (Å²) in [7, 11) is 0. The van der Waals surface area contributed by atoms with Crippen LogP contribution in [0.15, 0.2) is 0 Å². The number of rotatable bonds is 8. The second-order valence-corrected chi connectivity index (χ2v) is 4.20. The molecule has 0 aromatic heterocycles.